The topological polar surface area (TPSA) is 47.9 Å². The molecule has 4 rings (SSSR count). The Hall–Kier alpha value is -0.389. The van der Waals surface area contributed by atoms with E-state index in [1.165, 1.54) is 0 Å². The summed E-state index contributed by atoms with van der Waals surface area (Å²) in [5, 5.41) is 11.1. The van der Waals surface area contributed by atoms with E-state index in [2.05, 4.69) is 107 Å². The van der Waals surface area contributed by atoms with Crippen molar-refractivity contribution in [3.05, 3.63) is 0 Å². The van der Waals surface area contributed by atoms with Gasteiger partial charge in [0.05, 0.1) is 11.2 Å². The molecular formula is C57H108O4Si3. The van der Waals surface area contributed by atoms with Gasteiger partial charge in [-0.3, -0.25) is 0 Å². The molecule has 4 saturated carbocycles. The average Bonchev–Trinajstić information content (AvgIpc) is 3.76. The fourth-order valence-electron chi connectivity index (χ4n) is 13.2. The molecule has 0 bridgehead atoms. The van der Waals surface area contributed by atoms with Crippen molar-refractivity contribution in [2.75, 3.05) is 0 Å². The molecule has 10 atom stereocenters. The second-order valence-electron chi connectivity index (χ2n) is 26.8. The standard InChI is InChI=1S/C30H58O2Si2.C27H50O2Si/c1-14-20-29(7,22-16-21-28(5,6)32-33(9,10)11)26-19-18-24-25(17-15-23-30(24,26)8)31-34(12,13)27(2,3)4;1-11-17-26(7,19-13-18-25(5,6)28)23-16-15-21-22(14-12-20-27(21,23)8)29-30(9,10)24(2,3)4/h1,24-26H,15-23H2,2-13H3;1,21-23,28H,12-20H2,2-10H3/t24?,25-,26+,29?,30-;21?,22-,23+,26?,27-/m00/s1/i2*5D3,6D3. The van der Waals surface area contributed by atoms with E-state index in [1.807, 2.05) is 19.6 Å². The van der Waals surface area contributed by atoms with Gasteiger partial charge in [-0.1, -0.05) is 94.9 Å². The maximum atomic E-state index is 10.7. The number of terminal acetylenes is 2. The van der Waals surface area contributed by atoms with Crippen molar-refractivity contribution < 1.29 is 34.8 Å². The molecule has 4 aliphatic carbocycles. The molecule has 0 aliphatic heterocycles. The quantitative estimate of drug-likeness (QED) is 0.110. The van der Waals surface area contributed by atoms with Crippen molar-refractivity contribution in [2.45, 2.75) is 292 Å². The molecule has 0 aromatic rings. The van der Waals surface area contributed by atoms with Gasteiger partial charge in [-0.25, -0.2) is 0 Å². The van der Waals surface area contributed by atoms with Gasteiger partial charge in [-0.15, -0.1) is 24.7 Å². The van der Waals surface area contributed by atoms with Crippen molar-refractivity contribution in [3.63, 3.8) is 0 Å². The van der Waals surface area contributed by atoms with E-state index in [9.17, 15) is 5.11 Å². The van der Waals surface area contributed by atoms with Gasteiger partial charge in [0.15, 0.2) is 25.0 Å². The van der Waals surface area contributed by atoms with E-state index < -0.39 is 63.6 Å². The lowest BCUT2D eigenvalue weighted by Gasteiger charge is -2.52. The maximum Gasteiger partial charge on any atom is 0.192 e. The Morgan fingerprint density at radius 3 is 1.31 bits per heavy atom. The van der Waals surface area contributed by atoms with E-state index >= 15 is 0 Å². The summed E-state index contributed by atoms with van der Waals surface area (Å²) in [4.78, 5) is 0. The first-order valence-electron chi connectivity index (χ1n) is 31.5. The van der Waals surface area contributed by atoms with E-state index in [4.69, 9.17) is 42.6 Å². The lowest BCUT2D eigenvalue weighted by Crippen LogP contribution is -2.51. The zero-order valence-electron chi connectivity index (χ0n) is 56.5. The van der Waals surface area contributed by atoms with E-state index in [-0.39, 0.29) is 56.8 Å². The summed E-state index contributed by atoms with van der Waals surface area (Å²) in [7, 11) is -6.32. The van der Waals surface area contributed by atoms with Gasteiger partial charge < -0.3 is 18.4 Å². The van der Waals surface area contributed by atoms with Crippen LogP contribution in [0.4, 0.5) is 0 Å². The molecule has 0 aromatic heterocycles. The van der Waals surface area contributed by atoms with Gasteiger partial charge in [-0.05, 0) is 206 Å². The van der Waals surface area contributed by atoms with Crippen LogP contribution in [0.1, 0.15) is 229 Å². The molecule has 0 spiro atoms. The first kappa shape index (κ1) is 41.4. The third kappa shape index (κ3) is 14.3. The maximum absolute atomic E-state index is 10.7. The fraction of sp³-hybridized carbons (Fsp3) is 0.930. The lowest BCUT2D eigenvalue weighted by atomic mass is 9.56. The summed E-state index contributed by atoms with van der Waals surface area (Å²) in [5.41, 5.74) is -5.20. The monoisotopic (exact) mass is 953 g/mol. The highest BCUT2D eigenvalue weighted by atomic mass is 28.4. The van der Waals surface area contributed by atoms with Crippen LogP contribution in [0.25, 0.3) is 0 Å². The largest absolute Gasteiger partial charge is 0.414 e. The Morgan fingerprint density at radius 1 is 0.594 bits per heavy atom. The second-order valence-corrected chi connectivity index (χ2v) is 40.7. The highest BCUT2D eigenvalue weighted by Crippen LogP contribution is 2.65. The Kier molecular flexibility index (Phi) is 13.5. The summed E-state index contributed by atoms with van der Waals surface area (Å²) in [6.45, 7) is 26.4. The number of hydrogen-bond donors (Lipinski definition) is 1. The van der Waals surface area contributed by atoms with Crippen LogP contribution in [0.15, 0.2) is 0 Å². The van der Waals surface area contributed by atoms with Crippen LogP contribution in [0, 0.1) is 70.0 Å². The van der Waals surface area contributed by atoms with Crippen molar-refractivity contribution in [1.29, 1.82) is 0 Å². The number of hydrogen-bond acceptors (Lipinski definition) is 4. The first-order valence-corrected chi connectivity index (χ1v) is 34.7. The molecule has 0 amide bonds. The van der Waals surface area contributed by atoms with Crippen LogP contribution >= 0.6 is 0 Å². The molecular weight excluding hydrogens is 833 g/mol. The highest BCUT2D eigenvalue weighted by Gasteiger charge is 2.59. The molecule has 0 saturated heterocycles. The van der Waals surface area contributed by atoms with Gasteiger partial charge in [0.25, 0.3) is 0 Å². The van der Waals surface area contributed by atoms with Crippen LogP contribution in [-0.2, 0) is 13.3 Å². The zero-order valence-corrected chi connectivity index (χ0v) is 47.5. The molecule has 0 radical (unpaired) electrons. The molecule has 4 aliphatic rings. The van der Waals surface area contributed by atoms with Gasteiger partial charge >= 0.3 is 0 Å². The molecule has 372 valence electrons. The van der Waals surface area contributed by atoms with Gasteiger partial charge in [-0.2, -0.15) is 0 Å². The normalized spacial score (nSPS) is 34.9. The van der Waals surface area contributed by atoms with Crippen molar-refractivity contribution in [3.8, 4) is 24.7 Å². The van der Waals surface area contributed by atoms with Crippen LogP contribution in [0.2, 0.25) is 55.9 Å². The van der Waals surface area contributed by atoms with E-state index in [0.717, 1.165) is 64.2 Å². The smallest absolute Gasteiger partial charge is 0.192 e. The second kappa shape index (κ2) is 20.9. The first-order chi connectivity index (χ1) is 33.8. The van der Waals surface area contributed by atoms with Crippen molar-refractivity contribution >= 4 is 25.0 Å². The number of rotatable bonds is 18. The highest BCUT2D eigenvalue weighted by molar-refractivity contribution is 6.74. The van der Waals surface area contributed by atoms with Crippen LogP contribution in [-0.4, -0.2) is 53.5 Å². The summed E-state index contributed by atoms with van der Waals surface area (Å²) >= 11 is 0. The third-order valence-corrected chi connectivity index (χ3v) is 28.3. The minimum Gasteiger partial charge on any atom is -0.414 e. The molecule has 0 heterocycles. The summed E-state index contributed by atoms with van der Waals surface area (Å²) in [6.07, 6.45) is 26.2. The zero-order chi connectivity index (χ0) is 59.2. The number of aliphatic hydroxyl groups is 1. The van der Waals surface area contributed by atoms with Crippen LogP contribution < -0.4 is 0 Å². The Morgan fingerprint density at radius 2 is 0.984 bits per heavy atom. The predicted molar refractivity (Wildman–Crippen MR) is 286 cm³/mol. The van der Waals surface area contributed by atoms with Gasteiger partial charge in [0, 0.05) is 41.5 Å². The third-order valence-electron chi connectivity index (χ3n) is 18.4. The Balaban J connectivity index is 0.000000402. The SMILES string of the molecule is [2H]C([2H])([2H])C(CCCC(C)(CC#C)[C@H]1CCC2[C@@H](O[Si](C)(C)C(C)(C)C)CCC[C@@]21C)(O[Si](C)(C)C)C([2H])([2H])[2H].[2H]C([2H])([2H])C(O)(CCCC(C)(CC#C)[C@H]1CCC2[C@@H](O[Si](C)(C)C(C)(C)C)CCC[C@@]21C)C([2H])([2H])[2H]. The van der Waals surface area contributed by atoms with E-state index in [0.29, 0.717) is 62.2 Å². The minimum absolute atomic E-state index is 0.0333. The molecule has 64 heavy (non-hydrogen) atoms. The molecule has 1 N–H and O–H groups in total. The average molecular weight is 954 g/mol. The molecule has 4 unspecified atom stereocenters. The molecule has 0 aromatic carbocycles. The van der Waals surface area contributed by atoms with Crippen molar-refractivity contribution in [1.82, 2.24) is 0 Å². The van der Waals surface area contributed by atoms with Crippen LogP contribution in [0.3, 0.4) is 0 Å². The Bertz CT molecular complexity index is 1970. The number of fused-ring (bicyclic) bond motifs is 2. The van der Waals surface area contributed by atoms with Gasteiger partial charge in [0.2, 0.25) is 0 Å². The summed E-state index contributed by atoms with van der Waals surface area (Å²) in [5.74, 6) is 7.47. The summed E-state index contributed by atoms with van der Waals surface area (Å²) in [6, 6.07) is 0. The molecule has 7 heteroatoms. The minimum atomic E-state index is -2.98. The summed E-state index contributed by atoms with van der Waals surface area (Å²) < 4.78 is 116. The Labute approximate surface area is 420 Å². The van der Waals surface area contributed by atoms with E-state index in [1.54, 1.807) is 0 Å². The van der Waals surface area contributed by atoms with Gasteiger partial charge in [0.1, 0.15) is 0 Å². The molecule has 4 nitrogen and oxygen atoms in total. The predicted octanol–water partition coefficient (Wildman–Crippen LogP) is 17.0. The lowest BCUT2D eigenvalue weighted by molar-refractivity contribution is -0.0446. The molecule has 4 fully saturated rings. The van der Waals surface area contributed by atoms with Crippen LogP contribution in [0.5, 0.6) is 0 Å². The van der Waals surface area contributed by atoms with Crippen molar-refractivity contribution in [2.24, 2.45) is 45.3 Å². The fourth-order valence-corrected chi connectivity index (χ4v) is 17.2.